The topological polar surface area (TPSA) is 17.1 Å². The number of unbranched alkanes of at least 4 members (excludes halogenated alkanes) is 6. The molecule has 25 heavy (non-hydrogen) atoms. The van der Waals surface area contributed by atoms with Crippen LogP contribution in [-0.2, 0) is 15.7 Å². The lowest BCUT2D eigenvalue weighted by atomic mass is 10.1. The highest BCUT2D eigenvalue weighted by Crippen LogP contribution is 2.45. The summed E-state index contributed by atoms with van der Waals surface area (Å²) >= 11 is 1.89. The molecule has 0 saturated carbocycles. The Bertz CT molecular complexity index is 678. The summed E-state index contributed by atoms with van der Waals surface area (Å²) in [6, 6.07) is 17.6. The maximum atomic E-state index is 10.3. The zero-order valence-electron chi connectivity index (χ0n) is 14.5. The van der Waals surface area contributed by atoms with Gasteiger partial charge >= 0.3 is 0 Å². The number of allylic oxidation sites excluding steroid dienone is 1. The van der Waals surface area contributed by atoms with Crippen LogP contribution in [0, 0.1) is 0 Å². The molecule has 1 aliphatic rings. The van der Waals surface area contributed by atoms with Crippen molar-refractivity contribution in [2.45, 2.75) is 64.5 Å². The van der Waals surface area contributed by atoms with E-state index in [-0.39, 0.29) is 10.9 Å². The molecule has 0 radical (unpaired) electrons. The molecule has 3 heteroatoms. The highest BCUT2D eigenvalue weighted by Gasteiger charge is 2.33. The number of carbonyl (C=O) groups is 1. The van der Waals surface area contributed by atoms with Crippen molar-refractivity contribution in [2.24, 2.45) is 0 Å². The monoisotopic (exact) mass is 369 g/mol. The largest absolute Gasteiger partial charge is 0.303 e. The first-order valence-electron chi connectivity index (χ1n) is 9.09. The van der Waals surface area contributed by atoms with Crippen LogP contribution in [0.25, 0.3) is 0 Å². The number of aldehydes is 1. The van der Waals surface area contributed by atoms with Crippen molar-refractivity contribution in [1.82, 2.24) is 0 Å². The summed E-state index contributed by atoms with van der Waals surface area (Å²) in [6.45, 7) is 0. The van der Waals surface area contributed by atoms with E-state index in [1.54, 1.807) is 0 Å². The molecule has 0 aliphatic carbocycles. The predicted molar refractivity (Wildman–Crippen MR) is 108 cm³/mol. The van der Waals surface area contributed by atoms with E-state index < -0.39 is 0 Å². The van der Waals surface area contributed by atoms with E-state index in [1.807, 2.05) is 11.8 Å². The van der Waals surface area contributed by atoms with Crippen LogP contribution in [-0.4, -0.2) is 6.29 Å². The first-order valence-corrected chi connectivity index (χ1v) is 11.2. The van der Waals surface area contributed by atoms with Gasteiger partial charge in [0.15, 0.2) is 9.79 Å². The second-order valence-electron chi connectivity index (χ2n) is 6.22. The molecule has 1 nitrogen and oxygen atoms in total. The molecule has 2 aromatic rings. The van der Waals surface area contributed by atoms with Crippen LogP contribution in [0.4, 0.5) is 0 Å². The Morgan fingerprint density at radius 1 is 0.760 bits per heavy atom. The minimum Gasteiger partial charge on any atom is -0.303 e. The maximum absolute atomic E-state index is 10.3. The number of fused-ring (bicyclic) bond motifs is 2. The maximum Gasteiger partial charge on any atom is 0.179 e. The predicted octanol–water partition coefficient (Wildman–Crippen LogP) is 6.63. The van der Waals surface area contributed by atoms with E-state index in [1.165, 1.54) is 45.3 Å². The molecular formula is C22H25OS2+. The Hall–Kier alpha value is -1.45. The third kappa shape index (κ3) is 5.02. The Morgan fingerprint density at radius 2 is 1.32 bits per heavy atom. The van der Waals surface area contributed by atoms with Gasteiger partial charge in [0, 0.05) is 6.42 Å². The second-order valence-corrected chi connectivity index (χ2v) is 9.13. The molecular weight excluding hydrogens is 344 g/mol. The fraction of sp³-hybridized carbons (Fsp3) is 0.318. The molecule has 3 rings (SSSR count). The standard InChI is InChI=1S/C22H25OS2/c23-17-11-5-3-1-2-4-6-12-18-25-21-15-9-7-13-19(21)24-20-14-8-10-16-22(20)25/h7-10,12-18H,1-6,11H2/q+1. The van der Waals surface area contributed by atoms with E-state index >= 15 is 0 Å². The Morgan fingerprint density at radius 3 is 1.96 bits per heavy atom. The third-order valence-corrected chi connectivity index (χ3v) is 7.85. The van der Waals surface area contributed by atoms with Gasteiger partial charge in [0.1, 0.15) is 11.7 Å². The van der Waals surface area contributed by atoms with Crippen LogP contribution in [0.2, 0.25) is 0 Å². The summed E-state index contributed by atoms with van der Waals surface area (Å²) in [5, 5.41) is 2.42. The van der Waals surface area contributed by atoms with Crippen molar-refractivity contribution in [3.05, 3.63) is 60.0 Å². The van der Waals surface area contributed by atoms with Crippen molar-refractivity contribution in [3.8, 4) is 0 Å². The first-order chi connectivity index (χ1) is 12.4. The van der Waals surface area contributed by atoms with E-state index in [0.717, 1.165) is 25.5 Å². The smallest absolute Gasteiger partial charge is 0.179 e. The third-order valence-electron chi connectivity index (χ3n) is 4.32. The van der Waals surface area contributed by atoms with Gasteiger partial charge in [0.2, 0.25) is 0 Å². The van der Waals surface area contributed by atoms with Gasteiger partial charge in [-0.05, 0) is 49.6 Å². The van der Waals surface area contributed by atoms with Crippen molar-refractivity contribution in [2.75, 3.05) is 0 Å². The number of hydrogen-bond donors (Lipinski definition) is 0. The lowest BCUT2D eigenvalue weighted by molar-refractivity contribution is -0.107. The molecule has 0 spiro atoms. The average molecular weight is 370 g/mol. The molecule has 0 amide bonds. The number of carbonyl (C=O) groups excluding carboxylic acids is 1. The Balaban J connectivity index is 1.58. The fourth-order valence-electron chi connectivity index (χ4n) is 3.00. The molecule has 0 unspecified atom stereocenters. The molecule has 130 valence electrons. The average Bonchev–Trinajstić information content (AvgIpc) is 2.66. The van der Waals surface area contributed by atoms with E-state index in [9.17, 15) is 4.79 Å². The number of benzene rings is 2. The van der Waals surface area contributed by atoms with Crippen LogP contribution in [0.5, 0.6) is 0 Å². The van der Waals surface area contributed by atoms with Crippen LogP contribution in [0.1, 0.15) is 44.9 Å². The van der Waals surface area contributed by atoms with E-state index in [0.29, 0.717) is 0 Å². The molecule has 0 bridgehead atoms. The highest BCUT2D eigenvalue weighted by atomic mass is 32.2. The van der Waals surface area contributed by atoms with Gasteiger partial charge in [0.25, 0.3) is 0 Å². The zero-order chi connectivity index (χ0) is 17.3. The van der Waals surface area contributed by atoms with Gasteiger partial charge in [-0.3, -0.25) is 0 Å². The molecule has 0 fully saturated rings. The van der Waals surface area contributed by atoms with Crippen LogP contribution >= 0.6 is 11.8 Å². The van der Waals surface area contributed by atoms with Crippen molar-refractivity contribution in [3.63, 3.8) is 0 Å². The lowest BCUT2D eigenvalue weighted by Gasteiger charge is -2.16. The molecule has 0 saturated heterocycles. The van der Waals surface area contributed by atoms with Crippen molar-refractivity contribution < 1.29 is 4.79 Å². The van der Waals surface area contributed by atoms with Crippen LogP contribution < -0.4 is 0 Å². The highest BCUT2D eigenvalue weighted by molar-refractivity contribution is 8.05. The van der Waals surface area contributed by atoms with Gasteiger partial charge in [-0.15, -0.1) is 0 Å². The first kappa shape index (κ1) is 18.3. The summed E-state index contributed by atoms with van der Waals surface area (Å²) in [5.74, 6) is 0. The van der Waals surface area contributed by atoms with Gasteiger partial charge in [-0.1, -0.05) is 55.3 Å². The van der Waals surface area contributed by atoms with Crippen molar-refractivity contribution in [1.29, 1.82) is 0 Å². The zero-order valence-corrected chi connectivity index (χ0v) is 16.2. The van der Waals surface area contributed by atoms with E-state index in [4.69, 9.17) is 0 Å². The number of hydrogen-bond acceptors (Lipinski definition) is 2. The minimum atomic E-state index is 0.0537. The lowest BCUT2D eigenvalue weighted by Crippen LogP contribution is -2.07. The molecule has 2 aromatic carbocycles. The van der Waals surface area contributed by atoms with Crippen LogP contribution in [0.15, 0.2) is 79.6 Å². The Labute approximate surface area is 158 Å². The summed E-state index contributed by atoms with van der Waals surface area (Å²) < 4.78 is 0. The minimum absolute atomic E-state index is 0.0537. The molecule has 1 heterocycles. The second kappa shape index (κ2) is 9.88. The normalized spacial score (nSPS) is 13.6. The van der Waals surface area contributed by atoms with E-state index in [2.05, 4.69) is 60.0 Å². The van der Waals surface area contributed by atoms with Gasteiger partial charge in [0.05, 0.1) is 20.7 Å². The SMILES string of the molecule is O=CCCCCCCCC=C[S+]1c2ccccc2Sc2ccccc21. The number of rotatable bonds is 9. The van der Waals surface area contributed by atoms with Gasteiger partial charge in [-0.25, -0.2) is 0 Å². The summed E-state index contributed by atoms with van der Waals surface area (Å²) in [6.07, 6.45) is 11.3. The summed E-state index contributed by atoms with van der Waals surface area (Å²) in [4.78, 5) is 16.0. The quantitative estimate of drug-likeness (QED) is 0.280. The summed E-state index contributed by atoms with van der Waals surface area (Å²) in [5.41, 5.74) is 0. The molecule has 1 aliphatic heterocycles. The summed E-state index contributed by atoms with van der Waals surface area (Å²) in [7, 11) is 0.0537. The molecule has 0 atom stereocenters. The van der Waals surface area contributed by atoms with Crippen molar-refractivity contribution >= 4 is 28.9 Å². The molecule has 0 aromatic heterocycles. The van der Waals surface area contributed by atoms with Gasteiger partial charge in [-0.2, -0.15) is 0 Å². The van der Waals surface area contributed by atoms with Crippen LogP contribution in [0.3, 0.4) is 0 Å². The van der Waals surface area contributed by atoms with Gasteiger partial charge < -0.3 is 4.79 Å². The molecule has 0 N–H and O–H groups in total. The Kier molecular flexibility index (Phi) is 7.25. The fourth-order valence-corrected chi connectivity index (χ4v) is 6.54.